The van der Waals surface area contributed by atoms with Crippen LogP contribution in [0.3, 0.4) is 0 Å². The maximum Gasteiger partial charge on any atom is 0.413 e. The molecule has 0 fully saturated rings. The molecule has 0 amide bonds. The van der Waals surface area contributed by atoms with Gasteiger partial charge < -0.3 is 14.6 Å². The number of hydrogen-bond acceptors (Lipinski definition) is 5. The van der Waals surface area contributed by atoms with E-state index < -0.39 is 18.9 Å². The van der Waals surface area contributed by atoms with Crippen LogP contribution in [-0.2, 0) is 4.84 Å². The van der Waals surface area contributed by atoms with Crippen LogP contribution in [0.5, 0.6) is 11.5 Å². The molecule has 114 valence electrons. The van der Waals surface area contributed by atoms with Crippen LogP contribution in [0.25, 0.3) is 0 Å². The summed E-state index contributed by atoms with van der Waals surface area (Å²) in [5.74, 6) is 1.09. The first-order valence-electron chi connectivity index (χ1n) is 5.77. The van der Waals surface area contributed by atoms with Crippen LogP contribution in [0.2, 0.25) is 0 Å². The Morgan fingerprint density at radius 2 is 2.00 bits per heavy atom. The predicted octanol–water partition coefficient (Wildman–Crippen LogP) is 1.52. The third-order valence-corrected chi connectivity index (χ3v) is 2.14. The Bertz CT molecular complexity index is 401. The molecule has 8 heteroatoms. The smallest absolute Gasteiger partial charge is 0.413 e. The Morgan fingerprint density at radius 1 is 1.30 bits per heavy atom. The van der Waals surface area contributed by atoms with Gasteiger partial charge >= 0.3 is 6.18 Å². The van der Waals surface area contributed by atoms with Crippen molar-refractivity contribution in [3.05, 3.63) is 24.3 Å². The number of benzene rings is 1. The van der Waals surface area contributed by atoms with Crippen molar-refractivity contribution < 1.29 is 32.6 Å². The van der Waals surface area contributed by atoms with Crippen molar-refractivity contribution in [3.63, 3.8) is 0 Å². The fourth-order valence-electron chi connectivity index (χ4n) is 1.23. The van der Waals surface area contributed by atoms with Gasteiger partial charge in [0.25, 0.3) is 0 Å². The average molecular weight is 295 g/mol. The molecule has 0 heterocycles. The first-order chi connectivity index (χ1) is 9.40. The highest BCUT2D eigenvalue weighted by Crippen LogP contribution is 2.18. The zero-order chi connectivity index (χ0) is 15.0. The third-order valence-electron chi connectivity index (χ3n) is 2.14. The molecule has 1 aromatic carbocycles. The SMILES string of the molecule is COc1cccc(OCC(O)CNOCC(F)(F)F)c1. The van der Waals surface area contributed by atoms with Gasteiger partial charge in [-0.05, 0) is 12.1 Å². The molecular formula is C12H16F3NO4. The van der Waals surface area contributed by atoms with E-state index in [4.69, 9.17) is 9.47 Å². The number of hydroxylamine groups is 1. The summed E-state index contributed by atoms with van der Waals surface area (Å²) in [6.45, 7) is -1.69. The molecule has 1 aromatic rings. The lowest BCUT2D eigenvalue weighted by Gasteiger charge is -2.14. The van der Waals surface area contributed by atoms with E-state index in [1.165, 1.54) is 7.11 Å². The van der Waals surface area contributed by atoms with Gasteiger partial charge in [-0.1, -0.05) is 6.07 Å². The summed E-state index contributed by atoms with van der Waals surface area (Å²) in [4.78, 5) is 4.15. The van der Waals surface area contributed by atoms with Crippen molar-refractivity contribution in [2.45, 2.75) is 12.3 Å². The number of ether oxygens (including phenoxy) is 2. The number of aliphatic hydroxyl groups excluding tert-OH is 1. The van der Waals surface area contributed by atoms with E-state index in [-0.39, 0.29) is 13.2 Å². The molecule has 0 aromatic heterocycles. The van der Waals surface area contributed by atoms with E-state index in [1.54, 1.807) is 24.3 Å². The minimum Gasteiger partial charge on any atom is -0.497 e. The van der Waals surface area contributed by atoms with Gasteiger partial charge in [-0.15, -0.1) is 0 Å². The fourth-order valence-corrected chi connectivity index (χ4v) is 1.23. The summed E-state index contributed by atoms with van der Waals surface area (Å²) in [7, 11) is 1.51. The zero-order valence-electron chi connectivity index (χ0n) is 10.8. The molecule has 0 aliphatic heterocycles. The summed E-state index contributed by atoms with van der Waals surface area (Å²) >= 11 is 0. The zero-order valence-corrected chi connectivity index (χ0v) is 10.8. The van der Waals surface area contributed by atoms with Crippen molar-refractivity contribution in [2.75, 3.05) is 26.9 Å². The van der Waals surface area contributed by atoms with Crippen LogP contribution in [0, 0.1) is 0 Å². The fraction of sp³-hybridized carbons (Fsp3) is 0.500. The molecule has 1 atom stereocenters. The van der Waals surface area contributed by atoms with E-state index in [9.17, 15) is 18.3 Å². The van der Waals surface area contributed by atoms with Crippen LogP contribution in [0.4, 0.5) is 13.2 Å². The molecule has 0 saturated heterocycles. The molecule has 1 unspecified atom stereocenters. The quantitative estimate of drug-likeness (QED) is 0.562. The Morgan fingerprint density at radius 3 is 2.65 bits per heavy atom. The van der Waals surface area contributed by atoms with Crippen LogP contribution >= 0.6 is 0 Å². The number of rotatable bonds is 8. The van der Waals surface area contributed by atoms with Crippen molar-refractivity contribution >= 4 is 0 Å². The molecule has 0 spiro atoms. The van der Waals surface area contributed by atoms with Crippen LogP contribution in [-0.4, -0.2) is 44.3 Å². The molecule has 5 nitrogen and oxygen atoms in total. The Hall–Kier alpha value is -1.51. The number of alkyl halides is 3. The van der Waals surface area contributed by atoms with E-state index >= 15 is 0 Å². The second kappa shape index (κ2) is 7.93. The molecule has 0 radical (unpaired) electrons. The topological polar surface area (TPSA) is 60.0 Å². The minimum atomic E-state index is -4.41. The Balaban J connectivity index is 2.20. The molecule has 0 aliphatic carbocycles. The highest BCUT2D eigenvalue weighted by Gasteiger charge is 2.27. The van der Waals surface area contributed by atoms with E-state index in [2.05, 4.69) is 4.84 Å². The van der Waals surface area contributed by atoms with Crippen molar-refractivity contribution in [2.24, 2.45) is 0 Å². The van der Waals surface area contributed by atoms with Gasteiger partial charge in [0.05, 0.1) is 13.7 Å². The second-order valence-electron chi connectivity index (χ2n) is 3.90. The molecule has 0 aliphatic rings. The lowest BCUT2D eigenvalue weighted by atomic mass is 10.3. The van der Waals surface area contributed by atoms with E-state index in [1.807, 2.05) is 5.48 Å². The van der Waals surface area contributed by atoms with Crippen molar-refractivity contribution in [3.8, 4) is 11.5 Å². The second-order valence-corrected chi connectivity index (χ2v) is 3.90. The first kappa shape index (κ1) is 16.5. The van der Waals surface area contributed by atoms with Gasteiger partial charge in [-0.2, -0.15) is 18.7 Å². The van der Waals surface area contributed by atoms with Gasteiger partial charge in [0, 0.05) is 6.07 Å². The minimum absolute atomic E-state index is 0.0878. The number of halogens is 3. The number of nitrogens with one attached hydrogen (secondary N) is 1. The van der Waals surface area contributed by atoms with Crippen LogP contribution in [0.1, 0.15) is 0 Å². The lowest BCUT2D eigenvalue weighted by molar-refractivity contribution is -0.191. The van der Waals surface area contributed by atoms with Gasteiger partial charge in [0.2, 0.25) is 0 Å². The molecule has 0 saturated carbocycles. The third kappa shape index (κ3) is 7.17. The summed E-state index contributed by atoms with van der Waals surface area (Å²) in [6.07, 6.45) is -5.41. The van der Waals surface area contributed by atoms with E-state index in [0.717, 1.165) is 0 Å². The highest BCUT2D eigenvalue weighted by atomic mass is 19.4. The Labute approximate surface area is 114 Å². The molecular weight excluding hydrogens is 279 g/mol. The number of aliphatic hydroxyl groups is 1. The average Bonchev–Trinajstić information content (AvgIpc) is 2.40. The molecule has 0 bridgehead atoms. The van der Waals surface area contributed by atoms with Gasteiger partial charge in [-0.3, -0.25) is 4.84 Å². The van der Waals surface area contributed by atoms with Crippen molar-refractivity contribution in [1.29, 1.82) is 0 Å². The molecule has 20 heavy (non-hydrogen) atoms. The Kier molecular flexibility index (Phi) is 6.56. The summed E-state index contributed by atoms with van der Waals surface area (Å²) in [6, 6.07) is 6.74. The lowest BCUT2D eigenvalue weighted by Crippen LogP contribution is -2.34. The van der Waals surface area contributed by atoms with Crippen molar-refractivity contribution in [1.82, 2.24) is 5.48 Å². The maximum absolute atomic E-state index is 11.8. The monoisotopic (exact) mass is 295 g/mol. The largest absolute Gasteiger partial charge is 0.497 e. The predicted molar refractivity (Wildman–Crippen MR) is 64.5 cm³/mol. The van der Waals surface area contributed by atoms with Crippen LogP contribution < -0.4 is 15.0 Å². The summed E-state index contributed by atoms with van der Waals surface area (Å²) in [5.41, 5.74) is 2.03. The molecule has 1 rings (SSSR count). The number of methoxy groups -OCH3 is 1. The maximum atomic E-state index is 11.8. The van der Waals surface area contributed by atoms with Gasteiger partial charge in [-0.25, -0.2) is 0 Å². The van der Waals surface area contributed by atoms with Crippen LogP contribution in [0.15, 0.2) is 24.3 Å². The summed E-state index contributed by atoms with van der Waals surface area (Å²) < 4.78 is 45.5. The number of hydrogen-bond donors (Lipinski definition) is 2. The normalized spacial score (nSPS) is 13.1. The molecule has 2 N–H and O–H groups in total. The van der Waals surface area contributed by atoms with Gasteiger partial charge in [0.15, 0.2) is 6.61 Å². The first-order valence-corrected chi connectivity index (χ1v) is 5.77. The standard InChI is InChI=1S/C12H16F3NO4/c1-18-10-3-2-4-11(5-10)19-7-9(17)6-16-20-8-12(13,14)15/h2-5,9,16-17H,6-8H2,1H3. The van der Waals surface area contributed by atoms with E-state index in [0.29, 0.717) is 11.5 Å². The summed E-state index contributed by atoms with van der Waals surface area (Å²) in [5, 5.41) is 9.49. The van der Waals surface area contributed by atoms with Gasteiger partial charge in [0.1, 0.15) is 24.2 Å². The highest BCUT2D eigenvalue weighted by molar-refractivity contribution is 5.32.